The molecule has 1 aliphatic rings. The number of oxazole rings is 1. The normalized spacial score (nSPS) is 17.2. The summed E-state index contributed by atoms with van der Waals surface area (Å²) in [5.41, 5.74) is 7.75. The Bertz CT molecular complexity index is 576. The fraction of sp³-hybridized carbons (Fsp3) is 0.417. The Hall–Kier alpha value is -1.71. The molecule has 0 saturated heterocycles. The minimum atomic E-state index is -0.257. The van der Waals surface area contributed by atoms with E-state index in [1.807, 2.05) is 12.1 Å². The summed E-state index contributed by atoms with van der Waals surface area (Å²) in [6, 6.07) is 5.69. The molecular weight excluding hydrogens is 204 g/mol. The summed E-state index contributed by atoms with van der Waals surface area (Å²) in [5.74, 6) is -0.257. The Balaban J connectivity index is 2.23. The number of hydrogen-bond donors (Lipinski definition) is 1. The van der Waals surface area contributed by atoms with Crippen LogP contribution in [0.15, 0.2) is 27.4 Å². The fourth-order valence-electron chi connectivity index (χ4n) is 2.56. The smallest absolute Gasteiger partial charge is 0.408 e. The van der Waals surface area contributed by atoms with Gasteiger partial charge < -0.3 is 10.2 Å². The monoisotopic (exact) mass is 218 g/mol. The standard InChI is InChI=1S/C12H14N2O2/c13-8-5-6-10-11(7-8)16-12(15)14(10)9-3-1-2-4-9/h5-7,9H,1-4,13H2. The van der Waals surface area contributed by atoms with Crippen molar-refractivity contribution < 1.29 is 4.42 Å². The van der Waals surface area contributed by atoms with E-state index in [9.17, 15) is 4.79 Å². The van der Waals surface area contributed by atoms with E-state index < -0.39 is 0 Å². The third-order valence-electron chi connectivity index (χ3n) is 3.33. The van der Waals surface area contributed by atoms with Gasteiger partial charge in [-0.3, -0.25) is 4.57 Å². The Morgan fingerprint density at radius 3 is 2.81 bits per heavy atom. The van der Waals surface area contributed by atoms with Crippen molar-refractivity contribution in [3.8, 4) is 0 Å². The SMILES string of the molecule is Nc1ccc2c(c1)oc(=O)n2C1CCCC1. The molecule has 84 valence electrons. The molecule has 0 aliphatic heterocycles. The average Bonchev–Trinajstić information content (AvgIpc) is 2.83. The molecule has 0 bridgehead atoms. The average molecular weight is 218 g/mol. The van der Waals surface area contributed by atoms with Crippen LogP contribution in [0, 0.1) is 0 Å². The van der Waals surface area contributed by atoms with E-state index in [2.05, 4.69) is 0 Å². The second-order valence-electron chi connectivity index (χ2n) is 4.40. The summed E-state index contributed by atoms with van der Waals surface area (Å²) in [7, 11) is 0. The second-order valence-corrected chi connectivity index (χ2v) is 4.40. The number of benzene rings is 1. The number of nitrogens with zero attached hydrogens (tertiary/aromatic N) is 1. The van der Waals surface area contributed by atoms with Crippen molar-refractivity contribution in [2.45, 2.75) is 31.7 Å². The lowest BCUT2D eigenvalue weighted by atomic mass is 10.2. The predicted molar refractivity (Wildman–Crippen MR) is 62.4 cm³/mol. The van der Waals surface area contributed by atoms with E-state index >= 15 is 0 Å². The summed E-state index contributed by atoms with van der Waals surface area (Å²) in [5, 5.41) is 0. The molecule has 0 radical (unpaired) electrons. The zero-order valence-electron chi connectivity index (χ0n) is 8.98. The van der Waals surface area contributed by atoms with Gasteiger partial charge >= 0.3 is 5.76 Å². The van der Waals surface area contributed by atoms with Gasteiger partial charge in [0.25, 0.3) is 0 Å². The first-order chi connectivity index (χ1) is 7.75. The number of anilines is 1. The van der Waals surface area contributed by atoms with E-state index in [0.29, 0.717) is 17.3 Å². The third kappa shape index (κ3) is 1.33. The summed E-state index contributed by atoms with van der Waals surface area (Å²) in [6.07, 6.45) is 4.52. The van der Waals surface area contributed by atoms with Crippen molar-refractivity contribution >= 4 is 16.8 Å². The van der Waals surface area contributed by atoms with Gasteiger partial charge in [-0.15, -0.1) is 0 Å². The van der Waals surface area contributed by atoms with Crippen LogP contribution in [0.4, 0.5) is 5.69 Å². The van der Waals surface area contributed by atoms with E-state index in [-0.39, 0.29) is 5.76 Å². The van der Waals surface area contributed by atoms with Crippen LogP contribution < -0.4 is 11.5 Å². The van der Waals surface area contributed by atoms with E-state index in [1.54, 1.807) is 10.6 Å². The first kappa shape index (κ1) is 9.51. The molecule has 1 heterocycles. The Labute approximate surface area is 92.7 Å². The highest BCUT2D eigenvalue weighted by Gasteiger charge is 2.22. The van der Waals surface area contributed by atoms with E-state index in [0.717, 1.165) is 18.4 Å². The van der Waals surface area contributed by atoms with Crippen LogP contribution in [0.1, 0.15) is 31.7 Å². The lowest BCUT2D eigenvalue weighted by Gasteiger charge is -2.09. The summed E-state index contributed by atoms with van der Waals surface area (Å²) < 4.78 is 7.00. The molecule has 1 aromatic carbocycles. The number of aromatic nitrogens is 1. The molecule has 0 unspecified atom stereocenters. The van der Waals surface area contributed by atoms with Gasteiger partial charge in [0.05, 0.1) is 5.52 Å². The Morgan fingerprint density at radius 1 is 1.31 bits per heavy atom. The van der Waals surface area contributed by atoms with Gasteiger partial charge in [-0.2, -0.15) is 0 Å². The number of nitrogen functional groups attached to an aromatic ring is 1. The maximum Gasteiger partial charge on any atom is 0.420 e. The van der Waals surface area contributed by atoms with Crippen LogP contribution in [-0.2, 0) is 0 Å². The topological polar surface area (TPSA) is 61.2 Å². The molecule has 16 heavy (non-hydrogen) atoms. The lowest BCUT2D eigenvalue weighted by molar-refractivity contribution is 0.446. The molecule has 4 nitrogen and oxygen atoms in total. The highest BCUT2D eigenvalue weighted by molar-refractivity contribution is 5.76. The quantitative estimate of drug-likeness (QED) is 0.747. The molecule has 0 spiro atoms. The van der Waals surface area contributed by atoms with Gasteiger partial charge in [0.2, 0.25) is 0 Å². The molecule has 3 rings (SSSR count). The van der Waals surface area contributed by atoms with Gasteiger partial charge in [0.1, 0.15) is 0 Å². The first-order valence-corrected chi connectivity index (χ1v) is 5.66. The minimum Gasteiger partial charge on any atom is -0.408 e. The third-order valence-corrected chi connectivity index (χ3v) is 3.33. The number of fused-ring (bicyclic) bond motifs is 1. The number of nitrogens with two attached hydrogens (primary N) is 1. The minimum absolute atomic E-state index is 0.257. The van der Waals surface area contributed by atoms with E-state index in [4.69, 9.17) is 10.2 Å². The lowest BCUT2D eigenvalue weighted by Crippen LogP contribution is -2.18. The molecule has 1 aliphatic carbocycles. The van der Waals surface area contributed by atoms with Gasteiger partial charge in [-0.25, -0.2) is 4.79 Å². The van der Waals surface area contributed by atoms with Crippen LogP contribution >= 0.6 is 0 Å². The van der Waals surface area contributed by atoms with Crippen molar-refractivity contribution in [2.24, 2.45) is 0 Å². The highest BCUT2D eigenvalue weighted by Crippen LogP contribution is 2.31. The van der Waals surface area contributed by atoms with Crippen molar-refractivity contribution in [1.29, 1.82) is 0 Å². The van der Waals surface area contributed by atoms with Crippen molar-refractivity contribution in [3.63, 3.8) is 0 Å². The van der Waals surface area contributed by atoms with Gasteiger partial charge in [0.15, 0.2) is 5.58 Å². The molecule has 0 atom stereocenters. The Morgan fingerprint density at radius 2 is 2.06 bits per heavy atom. The van der Waals surface area contributed by atoms with Crippen LogP contribution in [-0.4, -0.2) is 4.57 Å². The molecule has 2 aromatic rings. The zero-order chi connectivity index (χ0) is 11.1. The maximum absolute atomic E-state index is 11.8. The van der Waals surface area contributed by atoms with Crippen LogP contribution in [0.2, 0.25) is 0 Å². The molecule has 1 aromatic heterocycles. The van der Waals surface area contributed by atoms with Gasteiger partial charge in [-0.1, -0.05) is 12.8 Å². The predicted octanol–water partition coefficient (Wildman–Crippen LogP) is 2.29. The molecule has 2 N–H and O–H groups in total. The second kappa shape index (κ2) is 3.40. The van der Waals surface area contributed by atoms with Crippen molar-refractivity contribution in [1.82, 2.24) is 4.57 Å². The van der Waals surface area contributed by atoms with Gasteiger partial charge in [0, 0.05) is 17.8 Å². The highest BCUT2D eigenvalue weighted by atomic mass is 16.4. The largest absolute Gasteiger partial charge is 0.420 e. The molecule has 1 fully saturated rings. The molecular formula is C12H14N2O2. The summed E-state index contributed by atoms with van der Waals surface area (Å²) in [4.78, 5) is 11.8. The van der Waals surface area contributed by atoms with E-state index in [1.165, 1.54) is 12.8 Å². The maximum atomic E-state index is 11.8. The van der Waals surface area contributed by atoms with Crippen LogP contribution in [0.3, 0.4) is 0 Å². The van der Waals surface area contributed by atoms with Crippen LogP contribution in [0.25, 0.3) is 11.1 Å². The fourth-order valence-corrected chi connectivity index (χ4v) is 2.56. The summed E-state index contributed by atoms with van der Waals surface area (Å²) >= 11 is 0. The van der Waals surface area contributed by atoms with Gasteiger partial charge in [-0.05, 0) is 25.0 Å². The molecule has 1 saturated carbocycles. The van der Waals surface area contributed by atoms with Crippen molar-refractivity contribution in [2.75, 3.05) is 5.73 Å². The summed E-state index contributed by atoms with van der Waals surface area (Å²) in [6.45, 7) is 0. The van der Waals surface area contributed by atoms with Crippen molar-refractivity contribution in [3.05, 3.63) is 28.7 Å². The molecule has 0 amide bonds. The first-order valence-electron chi connectivity index (χ1n) is 5.66. The zero-order valence-corrected chi connectivity index (χ0v) is 8.98. The molecule has 4 heteroatoms. The number of hydrogen-bond acceptors (Lipinski definition) is 3. The number of rotatable bonds is 1. The Kier molecular flexibility index (Phi) is 2.02. The van der Waals surface area contributed by atoms with Crippen LogP contribution in [0.5, 0.6) is 0 Å².